The summed E-state index contributed by atoms with van der Waals surface area (Å²) in [6.07, 6.45) is 0. The number of halogens is 1. The van der Waals surface area contributed by atoms with Crippen LogP contribution >= 0.6 is 22.9 Å². The highest BCUT2D eigenvalue weighted by atomic mass is 35.5. The molecule has 1 aromatic heterocycles. The smallest absolute Gasteiger partial charge is 0.337 e. The molecule has 0 saturated carbocycles. The third-order valence-corrected chi connectivity index (χ3v) is 4.30. The Balaban J connectivity index is 1.67. The van der Waals surface area contributed by atoms with E-state index in [-0.39, 0.29) is 0 Å². The molecule has 122 valence electrons. The Morgan fingerprint density at radius 3 is 2.58 bits per heavy atom. The van der Waals surface area contributed by atoms with Gasteiger partial charge < -0.3 is 10.1 Å². The van der Waals surface area contributed by atoms with Gasteiger partial charge in [-0.25, -0.2) is 14.6 Å². The first-order valence-electron chi connectivity index (χ1n) is 6.87. The Bertz CT molecular complexity index is 909. The van der Waals surface area contributed by atoms with Crippen LogP contribution in [-0.4, -0.2) is 24.1 Å². The number of amides is 2. The molecule has 24 heavy (non-hydrogen) atoms. The van der Waals surface area contributed by atoms with Crippen molar-refractivity contribution in [3.05, 3.63) is 53.1 Å². The molecule has 2 N–H and O–H groups in total. The monoisotopic (exact) mass is 361 g/mol. The fourth-order valence-electron chi connectivity index (χ4n) is 2.02. The van der Waals surface area contributed by atoms with Gasteiger partial charge in [-0.1, -0.05) is 22.9 Å². The molecule has 0 unspecified atom stereocenters. The average molecular weight is 362 g/mol. The zero-order valence-corrected chi connectivity index (χ0v) is 14.1. The summed E-state index contributed by atoms with van der Waals surface area (Å²) in [7, 11) is 1.31. The Morgan fingerprint density at radius 2 is 1.88 bits per heavy atom. The minimum Gasteiger partial charge on any atom is -0.465 e. The maximum Gasteiger partial charge on any atom is 0.337 e. The highest BCUT2D eigenvalue weighted by molar-refractivity contribution is 7.22. The molecule has 0 spiro atoms. The third-order valence-electron chi connectivity index (χ3n) is 3.13. The number of esters is 1. The maximum atomic E-state index is 12.0. The van der Waals surface area contributed by atoms with Crippen LogP contribution in [0.2, 0.25) is 5.02 Å². The van der Waals surface area contributed by atoms with E-state index in [9.17, 15) is 9.59 Å². The molecule has 2 amide bonds. The van der Waals surface area contributed by atoms with Gasteiger partial charge in [0, 0.05) is 10.7 Å². The van der Waals surface area contributed by atoms with Crippen LogP contribution in [0.4, 0.5) is 15.6 Å². The first kappa shape index (κ1) is 16.2. The van der Waals surface area contributed by atoms with Crippen LogP contribution in [0.1, 0.15) is 10.4 Å². The highest BCUT2D eigenvalue weighted by Crippen LogP contribution is 2.28. The molecule has 0 atom stereocenters. The summed E-state index contributed by atoms with van der Waals surface area (Å²) in [5.74, 6) is -0.431. The standard InChI is InChI=1S/C16H12ClN3O3S/c1-23-14(21)9-2-5-11(6-3-9)18-15(22)20-16-19-12-7-4-10(17)8-13(12)24-16/h2-8H,1H3,(H2,18,19,20,22). The minimum atomic E-state index is -0.431. The highest BCUT2D eigenvalue weighted by Gasteiger charge is 2.09. The summed E-state index contributed by atoms with van der Waals surface area (Å²) < 4.78 is 5.51. The molecule has 0 bridgehead atoms. The van der Waals surface area contributed by atoms with Gasteiger partial charge in [0.2, 0.25) is 0 Å². The Morgan fingerprint density at radius 1 is 1.12 bits per heavy atom. The largest absolute Gasteiger partial charge is 0.465 e. The summed E-state index contributed by atoms with van der Waals surface area (Å²) in [4.78, 5) is 27.7. The van der Waals surface area contributed by atoms with Crippen molar-refractivity contribution in [2.75, 3.05) is 17.7 Å². The van der Waals surface area contributed by atoms with Gasteiger partial charge in [-0.05, 0) is 42.5 Å². The van der Waals surface area contributed by atoms with Crippen LogP contribution in [0.3, 0.4) is 0 Å². The fraction of sp³-hybridized carbons (Fsp3) is 0.0625. The lowest BCUT2D eigenvalue weighted by Crippen LogP contribution is -2.19. The van der Waals surface area contributed by atoms with Crippen LogP contribution in [0.15, 0.2) is 42.5 Å². The van der Waals surface area contributed by atoms with Gasteiger partial charge in [0.25, 0.3) is 0 Å². The van der Waals surface area contributed by atoms with Gasteiger partial charge in [0.05, 0.1) is 22.9 Å². The average Bonchev–Trinajstić information content (AvgIpc) is 2.95. The number of carbonyl (C=O) groups is 2. The number of carbonyl (C=O) groups excluding carboxylic acids is 2. The van der Waals surface area contributed by atoms with Crippen LogP contribution in [0, 0.1) is 0 Å². The van der Waals surface area contributed by atoms with E-state index in [2.05, 4.69) is 20.4 Å². The summed E-state index contributed by atoms with van der Waals surface area (Å²) in [6.45, 7) is 0. The number of fused-ring (bicyclic) bond motifs is 1. The van der Waals surface area contributed by atoms with E-state index in [4.69, 9.17) is 11.6 Å². The second-order valence-electron chi connectivity index (χ2n) is 4.78. The molecule has 0 aliphatic rings. The minimum absolute atomic E-state index is 0.409. The number of hydrogen-bond donors (Lipinski definition) is 2. The Labute approximate surface area is 146 Å². The van der Waals surface area contributed by atoms with Gasteiger partial charge in [-0.15, -0.1) is 0 Å². The van der Waals surface area contributed by atoms with Crippen molar-refractivity contribution >= 4 is 56.0 Å². The molecule has 2 aromatic carbocycles. The topological polar surface area (TPSA) is 80.3 Å². The number of ether oxygens (including phenoxy) is 1. The van der Waals surface area contributed by atoms with Crippen molar-refractivity contribution in [3.8, 4) is 0 Å². The van der Waals surface area contributed by atoms with Crippen molar-refractivity contribution in [1.29, 1.82) is 0 Å². The Hall–Kier alpha value is -2.64. The molecule has 0 aliphatic heterocycles. The first-order valence-corrected chi connectivity index (χ1v) is 8.07. The molecule has 0 radical (unpaired) electrons. The van der Waals surface area contributed by atoms with Gasteiger partial charge in [-0.3, -0.25) is 5.32 Å². The second kappa shape index (κ2) is 6.86. The van der Waals surface area contributed by atoms with Gasteiger partial charge >= 0.3 is 12.0 Å². The predicted octanol–water partition coefficient (Wildman–Crippen LogP) is 4.38. The normalized spacial score (nSPS) is 10.4. The van der Waals surface area contributed by atoms with Crippen molar-refractivity contribution in [2.24, 2.45) is 0 Å². The van der Waals surface area contributed by atoms with E-state index < -0.39 is 12.0 Å². The van der Waals surface area contributed by atoms with Crippen molar-refractivity contribution in [2.45, 2.75) is 0 Å². The SMILES string of the molecule is COC(=O)c1ccc(NC(=O)Nc2nc3ccc(Cl)cc3s2)cc1. The van der Waals surface area contributed by atoms with E-state index in [1.54, 1.807) is 42.5 Å². The Kier molecular flexibility index (Phi) is 4.64. The molecule has 0 aliphatic carbocycles. The molecular formula is C16H12ClN3O3S. The first-order chi connectivity index (χ1) is 11.5. The summed E-state index contributed by atoms with van der Waals surface area (Å²) in [5, 5.41) is 6.43. The van der Waals surface area contributed by atoms with Crippen molar-refractivity contribution in [3.63, 3.8) is 0 Å². The number of hydrogen-bond acceptors (Lipinski definition) is 5. The number of nitrogens with one attached hydrogen (secondary N) is 2. The van der Waals surface area contributed by atoms with Crippen molar-refractivity contribution in [1.82, 2.24) is 4.98 Å². The molecule has 3 aromatic rings. The van der Waals surface area contributed by atoms with E-state index in [1.807, 2.05) is 0 Å². The summed E-state index contributed by atoms with van der Waals surface area (Å²) >= 11 is 7.26. The number of aromatic nitrogens is 1. The predicted molar refractivity (Wildman–Crippen MR) is 95.1 cm³/mol. The number of nitrogens with zero attached hydrogens (tertiary/aromatic N) is 1. The van der Waals surface area contributed by atoms with Crippen LogP contribution in [0.25, 0.3) is 10.2 Å². The van der Waals surface area contributed by atoms with E-state index in [0.717, 1.165) is 10.2 Å². The molecule has 1 heterocycles. The van der Waals surface area contributed by atoms with Crippen LogP contribution < -0.4 is 10.6 Å². The van der Waals surface area contributed by atoms with Gasteiger partial charge in [0.15, 0.2) is 5.13 Å². The third kappa shape index (κ3) is 3.64. The maximum absolute atomic E-state index is 12.0. The lowest BCUT2D eigenvalue weighted by molar-refractivity contribution is 0.0601. The second-order valence-corrected chi connectivity index (χ2v) is 6.25. The number of urea groups is 1. The van der Waals surface area contributed by atoms with Gasteiger partial charge in [0.1, 0.15) is 0 Å². The lowest BCUT2D eigenvalue weighted by atomic mass is 10.2. The van der Waals surface area contributed by atoms with Gasteiger partial charge in [-0.2, -0.15) is 0 Å². The zero-order valence-electron chi connectivity index (χ0n) is 12.5. The number of methoxy groups -OCH3 is 1. The van der Waals surface area contributed by atoms with E-state index in [1.165, 1.54) is 18.4 Å². The molecule has 0 fully saturated rings. The number of thiazole rings is 1. The number of rotatable bonds is 3. The van der Waals surface area contributed by atoms with Crippen LogP contribution in [-0.2, 0) is 4.74 Å². The van der Waals surface area contributed by atoms with E-state index in [0.29, 0.717) is 21.4 Å². The molecule has 6 nitrogen and oxygen atoms in total. The zero-order chi connectivity index (χ0) is 17.1. The van der Waals surface area contributed by atoms with Crippen LogP contribution in [0.5, 0.6) is 0 Å². The molecular weight excluding hydrogens is 350 g/mol. The number of benzene rings is 2. The summed E-state index contributed by atoms with van der Waals surface area (Å²) in [5.41, 5.74) is 1.72. The molecule has 8 heteroatoms. The fourth-order valence-corrected chi connectivity index (χ4v) is 3.16. The lowest BCUT2D eigenvalue weighted by Gasteiger charge is -2.06. The molecule has 0 saturated heterocycles. The summed E-state index contributed by atoms with van der Waals surface area (Å²) in [6, 6.07) is 11.3. The number of anilines is 2. The van der Waals surface area contributed by atoms with E-state index >= 15 is 0 Å². The quantitative estimate of drug-likeness (QED) is 0.678. The van der Waals surface area contributed by atoms with Crippen molar-refractivity contribution < 1.29 is 14.3 Å². The molecule has 3 rings (SSSR count).